The van der Waals surface area contributed by atoms with Crippen LogP contribution in [-0.2, 0) is 0 Å². The maximum atomic E-state index is 9.47. The fraction of sp³-hybridized carbons (Fsp3) is 1.00. The van der Waals surface area contributed by atoms with Crippen LogP contribution in [0.5, 0.6) is 0 Å². The molecule has 2 unspecified atom stereocenters. The Balaban J connectivity index is 3.42. The minimum absolute atomic E-state index is 0.0898. The molecule has 0 aliphatic rings. The van der Waals surface area contributed by atoms with Gasteiger partial charge in [0.1, 0.15) is 0 Å². The summed E-state index contributed by atoms with van der Waals surface area (Å²) in [5.41, 5.74) is 0. The van der Waals surface area contributed by atoms with E-state index >= 15 is 0 Å². The molecule has 0 saturated carbocycles. The molecule has 0 heterocycles. The molecule has 0 fully saturated rings. The highest BCUT2D eigenvalue weighted by Gasteiger charge is 2.15. The summed E-state index contributed by atoms with van der Waals surface area (Å²) in [6, 6.07) is 0. The largest absolute Gasteiger partial charge is 0.394 e. The lowest BCUT2D eigenvalue weighted by atomic mass is 9.93. The van der Waals surface area contributed by atoms with E-state index in [0.717, 1.165) is 12.8 Å². The first kappa shape index (κ1) is 13.9. The molecule has 14 heavy (non-hydrogen) atoms. The molecule has 0 aromatic carbocycles. The van der Waals surface area contributed by atoms with E-state index in [1.807, 2.05) is 0 Å². The van der Waals surface area contributed by atoms with Crippen molar-refractivity contribution in [1.82, 2.24) is 0 Å². The lowest BCUT2D eigenvalue weighted by Crippen LogP contribution is -2.23. The summed E-state index contributed by atoms with van der Waals surface area (Å²) >= 11 is 0. The number of rotatable bonds is 9. The van der Waals surface area contributed by atoms with Crippen molar-refractivity contribution in [2.45, 2.75) is 64.9 Å². The summed E-state index contributed by atoms with van der Waals surface area (Å²) in [5, 5.41) is 18.3. The zero-order valence-electron chi connectivity index (χ0n) is 9.71. The van der Waals surface area contributed by atoms with Crippen LogP contribution in [0.3, 0.4) is 0 Å². The third-order valence-electron chi connectivity index (χ3n) is 2.93. The molecule has 0 aliphatic carbocycles. The van der Waals surface area contributed by atoms with Gasteiger partial charge in [-0.25, -0.2) is 0 Å². The Morgan fingerprint density at radius 3 is 2.14 bits per heavy atom. The van der Waals surface area contributed by atoms with Crippen LogP contribution in [0.2, 0.25) is 0 Å². The monoisotopic (exact) mass is 202 g/mol. The third-order valence-corrected chi connectivity index (χ3v) is 2.93. The van der Waals surface area contributed by atoms with Gasteiger partial charge in [0.25, 0.3) is 0 Å². The lowest BCUT2D eigenvalue weighted by Gasteiger charge is -2.19. The maximum Gasteiger partial charge on any atom is 0.0798 e. The molecule has 0 bridgehead atoms. The Hall–Kier alpha value is -0.0800. The van der Waals surface area contributed by atoms with Crippen LogP contribution in [0.15, 0.2) is 0 Å². The van der Waals surface area contributed by atoms with E-state index in [1.165, 1.54) is 32.1 Å². The van der Waals surface area contributed by atoms with E-state index in [0.29, 0.717) is 5.92 Å². The molecule has 0 aromatic heterocycles. The smallest absolute Gasteiger partial charge is 0.0798 e. The lowest BCUT2D eigenvalue weighted by molar-refractivity contribution is 0.0411. The molecule has 2 nitrogen and oxygen atoms in total. The van der Waals surface area contributed by atoms with Crippen molar-refractivity contribution in [3.63, 3.8) is 0 Å². The summed E-state index contributed by atoms with van der Waals surface area (Å²) < 4.78 is 0. The summed E-state index contributed by atoms with van der Waals surface area (Å²) in [5.74, 6) is 0.293. The zero-order chi connectivity index (χ0) is 10.8. The van der Waals surface area contributed by atoms with Crippen LogP contribution < -0.4 is 0 Å². The average Bonchev–Trinajstić information content (AvgIpc) is 2.22. The Kier molecular flexibility index (Phi) is 9.42. The van der Waals surface area contributed by atoms with Crippen LogP contribution in [0.1, 0.15) is 58.8 Å². The maximum absolute atomic E-state index is 9.47. The predicted octanol–water partition coefficient (Wildman–Crippen LogP) is 2.73. The SMILES string of the molecule is CCCCCCCC(CC)C(O)CO. The second-order valence-corrected chi connectivity index (χ2v) is 4.12. The van der Waals surface area contributed by atoms with Gasteiger partial charge in [0, 0.05) is 0 Å². The molecule has 86 valence electrons. The molecular weight excluding hydrogens is 176 g/mol. The Morgan fingerprint density at radius 2 is 1.64 bits per heavy atom. The first-order valence-electron chi connectivity index (χ1n) is 6.05. The molecule has 0 radical (unpaired) electrons. The molecule has 0 saturated heterocycles. The predicted molar refractivity (Wildman–Crippen MR) is 60.2 cm³/mol. The molecule has 0 aromatic rings. The van der Waals surface area contributed by atoms with Gasteiger partial charge in [-0.2, -0.15) is 0 Å². The summed E-state index contributed by atoms with van der Waals surface area (Å²) in [7, 11) is 0. The van der Waals surface area contributed by atoms with E-state index in [1.54, 1.807) is 0 Å². The van der Waals surface area contributed by atoms with E-state index in [2.05, 4.69) is 13.8 Å². The van der Waals surface area contributed by atoms with Gasteiger partial charge >= 0.3 is 0 Å². The molecule has 2 N–H and O–H groups in total. The van der Waals surface area contributed by atoms with Gasteiger partial charge in [-0.15, -0.1) is 0 Å². The highest BCUT2D eigenvalue weighted by molar-refractivity contribution is 4.66. The van der Waals surface area contributed by atoms with Crippen molar-refractivity contribution in [3.8, 4) is 0 Å². The van der Waals surface area contributed by atoms with Gasteiger partial charge in [0.05, 0.1) is 12.7 Å². The van der Waals surface area contributed by atoms with Crippen molar-refractivity contribution >= 4 is 0 Å². The Bertz CT molecular complexity index is 115. The van der Waals surface area contributed by atoms with Gasteiger partial charge in [-0.1, -0.05) is 52.4 Å². The van der Waals surface area contributed by atoms with Crippen LogP contribution >= 0.6 is 0 Å². The van der Waals surface area contributed by atoms with Crippen molar-refractivity contribution in [2.24, 2.45) is 5.92 Å². The van der Waals surface area contributed by atoms with Gasteiger partial charge in [-0.3, -0.25) is 0 Å². The number of aliphatic hydroxyl groups is 2. The van der Waals surface area contributed by atoms with Gasteiger partial charge < -0.3 is 10.2 Å². The van der Waals surface area contributed by atoms with Gasteiger partial charge in [-0.05, 0) is 12.3 Å². The van der Waals surface area contributed by atoms with Crippen molar-refractivity contribution < 1.29 is 10.2 Å². The number of hydrogen-bond acceptors (Lipinski definition) is 2. The topological polar surface area (TPSA) is 40.5 Å². The van der Waals surface area contributed by atoms with E-state index in [-0.39, 0.29) is 6.61 Å². The highest BCUT2D eigenvalue weighted by Crippen LogP contribution is 2.18. The highest BCUT2D eigenvalue weighted by atomic mass is 16.3. The normalized spacial score (nSPS) is 15.4. The minimum Gasteiger partial charge on any atom is -0.394 e. The summed E-state index contributed by atoms with van der Waals surface area (Å²) in [6.07, 6.45) is 7.87. The van der Waals surface area contributed by atoms with Crippen LogP contribution in [0.25, 0.3) is 0 Å². The minimum atomic E-state index is -0.508. The second-order valence-electron chi connectivity index (χ2n) is 4.12. The Morgan fingerprint density at radius 1 is 1.00 bits per heavy atom. The van der Waals surface area contributed by atoms with Crippen LogP contribution in [0, 0.1) is 5.92 Å². The Labute approximate surface area is 88.3 Å². The standard InChI is InChI=1S/C12H26O2/c1-3-5-6-7-8-9-11(4-2)12(14)10-13/h11-14H,3-10H2,1-2H3. The van der Waals surface area contributed by atoms with Crippen molar-refractivity contribution in [3.05, 3.63) is 0 Å². The van der Waals surface area contributed by atoms with E-state index in [4.69, 9.17) is 5.11 Å². The molecule has 0 spiro atoms. The number of hydrogen-bond donors (Lipinski definition) is 2. The van der Waals surface area contributed by atoms with Crippen molar-refractivity contribution in [1.29, 1.82) is 0 Å². The average molecular weight is 202 g/mol. The zero-order valence-corrected chi connectivity index (χ0v) is 9.71. The molecule has 0 amide bonds. The quantitative estimate of drug-likeness (QED) is 0.564. The third kappa shape index (κ3) is 6.39. The molecule has 2 atom stereocenters. The van der Waals surface area contributed by atoms with E-state index in [9.17, 15) is 5.11 Å². The summed E-state index contributed by atoms with van der Waals surface area (Å²) in [6.45, 7) is 4.20. The molecule has 0 aliphatic heterocycles. The van der Waals surface area contributed by atoms with Gasteiger partial charge in [0.15, 0.2) is 0 Å². The summed E-state index contributed by atoms with van der Waals surface area (Å²) in [4.78, 5) is 0. The number of aliphatic hydroxyl groups excluding tert-OH is 2. The molecule has 0 rings (SSSR count). The molecular formula is C12H26O2. The fourth-order valence-corrected chi connectivity index (χ4v) is 1.83. The first-order chi connectivity index (χ1) is 6.76. The van der Waals surface area contributed by atoms with Crippen LogP contribution in [0.4, 0.5) is 0 Å². The second kappa shape index (κ2) is 9.47. The fourth-order valence-electron chi connectivity index (χ4n) is 1.83. The van der Waals surface area contributed by atoms with Crippen molar-refractivity contribution in [2.75, 3.05) is 6.61 Å². The van der Waals surface area contributed by atoms with Gasteiger partial charge in [0.2, 0.25) is 0 Å². The molecule has 2 heteroatoms. The van der Waals surface area contributed by atoms with E-state index < -0.39 is 6.10 Å². The van der Waals surface area contributed by atoms with Crippen LogP contribution in [-0.4, -0.2) is 22.9 Å². The first-order valence-corrected chi connectivity index (χ1v) is 6.05. The number of unbranched alkanes of at least 4 members (excludes halogenated alkanes) is 4.